The number of benzene rings is 3. The van der Waals surface area contributed by atoms with E-state index in [0.29, 0.717) is 77.8 Å². The Kier molecular flexibility index (Phi) is 10.5. The number of nitrogens with zero attached hydrogens (tertiary/aromatic N) is 2. The third kappa shape index (κ3) is 7.72. The number of anilines is 1. The minimum absolute atomic E-state index is 0.0154. The van der Waals surface area contributed by atoms with Gasteiger partial charge >= 0.3 is 6.18 Å². The Morgan fingerprint density at radius 1 is 0.755 bits per heavy atom. The van der Waals surface area contributed by atoms with Gasteiger partial charge in [-0.05, 0) is 73.9 Å². The van der Waals surface area contributed by atoms with Gasteiger partial charge in [-0.1, -0.05) is 35.7 Å². The lowest BCUT2D eigenvalue weighted by atomic mass is 9.91. The number of carbonyl (C=O) groups is 4. The fourth-order valence-electron chi connectivity index (χ4n) is 5.77. The molecule has 0 bridgehead atoms. The zero-order chi connectivity index (χ0) is 34.7. The topological polar surface area (TPSA) is 113 Å². The molecule has 256 valence electrons. The summed E-state index contributed by atoms with van der Waals surface area (Å²) in [5.41, 5.74) is -1.16. The number of hydrogen-bond acceptors (Lipinski definition) is 9. The van der Waals surface area contributed by atoms with Crippen LogP contribution in [0.2, 0.25) is 0 Å². The van der Waals surface area contributed by atoms with Crippen molar-refractivity contribution >= 4 is 52.7 Å². The normalized spacial score (nSPS) is 19.0. The first kappa shape index (κ1) is 34.7. The summed E-state index contributed by atoms with van der Waals surface area (Å²) in [5.74, 6) is -2.98. The zero-order valence-corrected chi connectivity index (χ0v) is 27.7. The van der Waals surface area contributed by atoms with Crippen molar-refractivity contribution in [2.75, 3.05) is 44.4 Å². The Morgan fingerprint density at radius 2 is 1.33 bits per heavy atom. The van der Waals surface area contributed by atoms with E-state index in [9.17, 15) is 37.5 Å². The minimum Gasteiger partial charge on any atom is -0.508 e. The number of alkyl halides is 3. The molecule has 3 amide bonds. The lowest BCUT2D eigenvalue weighted by molar-refractivity contribution is -0.137. The molecule has 6 rings (SSSR count). The molecule has 3 aromatic carbocycles. The van der Waals surface area contributed by atoms with Crippen molar-refractivity contribution in [3.8, 4) is 5.75 Å². The minimum atomic E-state index is -4.98. The molecular weight excluding hydrogens is 682 g/mol. The second kappa shape index (κ2) is 14.8. The number of thioether (sulfide) groups is 2. The zero-order valence-electron chi connectivity index (χ0n) is 26.0. The van der Waals surface area contributed by atoms with Crippen LogP contribution in [0.4, 0.5) is 18.9 Å². The molecule has 0 saturated carbocycles. The summed E-state index contributed by atoms with van der Waals surface area (Å²) >= 11 is 1.80. The van der Waals surface area contributed by atoms with Crippen LogP contribution in [-0.4, -0.2) is 73.0 Å². The Hall–Kier alpha value is -4.11. The molecule has 2 saturated heterocycles. The molecule has 0 aliphatic carbocycles. The van der Waals surface area contributed by atoms with Gasteiger partial charge in [-0.2, -0.15) is 13.2 Å². The summed E-state index contributed by atoms with van der Waals surface area (Å²) < 4.78 is 53.0. The standard InChI is InChI=1S/C35H31F3N2O7S2/c36-35(37,38)27-20-24(41)7-12-28(27)40-33(44)30(48-25-8-3-22(4-9-25)29(42)21-2-1-16-46-17-13-21)31(34(40)45)49-26-10-5-23(6-11-26)32(43)39-14-18-47-19-15-39/h3-12,20-21,41H,1-2,13-19H2/t21-/m0/s1. The predicted molar refractivity (Wildman–Crippen MR) is 176 cm³/mol. The van der Waals surface area contributed by atoms with E-state index in [2.05, 4.69) is 0 Å². The molecule has 3 aromatic rings. The van der Waals surface area contributed by atoms with E-state index >= 15 is 0 Å². The van der Waals surface area contributed by atoms with Gasteiger partial charge in [0.15, 0.2) is 5.78 Å². The average Bonchev–Trinajstić information content (AvgIpc) is 3.27. The summed E-state index contributed by atoms with van der Waals surface area (Å²) in [6.07, 6.45) is -2.86. The number of Topliss-reactive ketones (excluding diaryl/α,β-unsaturated/α-hetero) is 1. The highest BCUT2D eigenvalue weighted by Crippen LogP contribution is 2.47. The molecule has 1 N–H and O–H groups in total. The SMILES string of the molecule is O=C(c1ccc(SC2=C(Sc3ccc(C(=O)N4CCOCC4)cc3)C(=O)N(c3ccc(O)cc3C(F)(F)F)C2=O)cc1)[C@H]1CCCOCC1. The molecule has 0 aromatic heterocycles. The van der Waals surface area contributed by atoms with Gasteiger partial charge in [0.2, 0.25) is 0 Å². The van der Waals surface area contributed by atoms with Crippen LogP contribution in [0.15, 0.2) is 86.3 Å². The molecule has 0 unspecified atom stereocenters. The molecule has 3 aliphatic heterocycles. The summed E-state index contributed by atoms with van der Waals surface area (Å²) in [7, 11) is 0. The number of morpholine rings is 1. The number of ketones is 1. The number of amides is 3. The molecule has 3 aliphatic rings. The van der Waals surface area contributed by atoms with Crippen LogP contribution in [0.3, 0.4) is 0 Å². The number of rotatable bonds is 8. The largest absolute Gasteiger partial charge is 0.508 e. The van der Waals surface area contributed by atoms with Gasteiger partial charge in [0.25, 0.3) is 17.7 Å². The number of imide groups is 1. The maximum Gasteiger partial charge on any atom is 0.418 e. The van der Waals surface area contributed by atoms with Gasteiger partial charge in [0.05, 0.1) is 34.3 Å². The first-order valence-corrected chi connectivity index (χ1v) is 17.2. The molecule has 3 heterocycles. The van der Waals surface area contributed by atoms with Crippen molar-refractivity contribution in [1.29, 1.82) is 0 Å². The van der Waals surface area contributed by atoms with Crippen molar-refractivity contribution in [3.05, 3.63) is 93.2 Å². The molecule has 14 heteroatoms. The Bertz CT molecular complexity index is 1780. The first-order valence-electron chi connectivity index (χ1n) is 15.6. The molecule has 0 radical (unpaired) electrons. The quantitative estimate of drug-likeness (QED) is 0.205. The van der Waals surface area contributed by atoms with Crippen LogP contribution in [-0.2, 0) is 25.2 Å². The monoisotopic (exact) mass is 712 g/mol. The number of ether oxygens (including phenoxy) is 2. The van der Waals surface area contributed by atoms with Crippen LogP contribution in [0.5, 0.6) is 5.75 Å². The highest BCUT2D eigenvalue weighted by molar-refractivity contribution is 8.08. The van der Waals surface area contributed by atoms with E-state index in [1.165, 1.54) is 0 Å². The van der Waals surface area contributed by atoms with Gasteiger partial charge in [0, 0.05) is 53.1 Å². The molecule has 0 spiro atoms. The molecule has 1 atom stereocenters. The van der Waals surface area contributed by atoms with Gasteiger partial charge in [0.1, 0.15) is 5.75 Å². The van der Waals surface area contributed by atoms with Crippen molar-refractivity contribution < 1.29 is 46.9 Å². The fourth-order valence-corrected chi connectivity index (χ4v) is 7.76. The number of carbonyl (C=O) groups excluding carboxylic acids is 4. The second-order valence-electron chi connectivity index (χ2n) is 11.6. The molecule has 2 fully saturated rings. The Morgan fingerprint density at radius 3 is 1.92 bits per heavy atom. The van der Waals surface area contributed by atoms with Crippen molar-refractivity contribution in [3.63, 3.8) is 0 Å². The number of phenolic OH excluding ortho intramolecular Hbond substituents is 1. The van der Waals surface area contributed by atoms with Crippen LogP contribution >= 0.6 is 23.5 Å². The maximum absolute atomic E-state index is 14.1. The molecular formula is C35H31F3N2O7S2. The van der Waals surface area contributed by atoms with E-state index in [1.807, 2.05) is 0 Å². The average molecular weight is 713 g/mol. The Balaban J connectivity index is 1.30. The van der Waals surface area contributed by atoms with Crippen LogP contribution in [0, 0.1) is 5.92 Å². The highest BCUT2D eigenvalue weighted by Gasteiger charge is 2.45. The lowest BCUT2D eigenvalue weighted by Gasteiger charge is -2.26. The molecule has 9 nitrogen and oxygen atoms in total. The van der Waals surface area contributed by atoms with Crippen LogP contribution < -0.4 is 4.90 Å². The van der Waals surface area contributed by atoms with E-state index in [0.717, 1.165) is 48.5 Å². The van der Waals surface area contributed by atoms with Crippen LogP contribution in [0.1, 0.15) is 45.5 Å². The van der Waals surface area contributed by atoms with Crippen molar-refractivity contribution in [2.24, 2.45) is 5.92 Å². The van der Waals surface area contributed by atoms with Crippen molar-refractivity contribution in [2.45, 2.75) is 35.2 Å². The van der Waals surface area contributed by atoms with E-state index in [-0.39, 0.29) is 27.4 Å². The lowest BCUT2D eigenvalue weighted by Crippen LogP contribution is -2.40. The summed E-state index contributed by atoms with van der Waals surface area (Å²) in [5, 5.41) is 9.80. The summed E-state index contributed by atoms with van der Waals surface area (Å²) in [6, 6.07) is 15.2. The smallest absolute Gasteiger partial charge is 0.418 e. The number of halogens is 3. The third-order valence-corrected chi connectivity index (χ3v) is 10.6. The highest BCUT2D eigenvalue weighted by atomic mass is 32.2. The third-order valence-electron chi connectivity index (χ3n) is 8.33. The van der Waals surface area contributed by atoms with Gasteiger partial charge < -0.3 is 19.5 Å². The predicted octanol–water partition coefficient (Wildman–Crippen LogP) is 6.55. The number of phenols is 1. The molecule has 49 heavy (non-hydrogen) atoms. The van der Waals surface area contributed by atoms with Crippen molar-refractivity contribution in [1.82, 2.24) is 4.90 Å². The van der Waals surface area contributed by atoms with Crippen LogP contribution in [0.25, 0.3) is 0 Å². The Labute approximate surface area is 288 Å². The van der Waals surface area contributed by atoms with E-state index in [4.69, 9.17) is 9.47 Å². The summed E-state index contributed by atoms with van der Waals surface area (Å²) in [6.45, 7) is 2.91. The van der Waals surface area contributed by atoms with Gasteiger partial charge in [-0.25, -0.2) is 4.90 Å². The summed E-state index contributed by atoms with van der Waals surface area (Å²) in [4.78, 5) is 56.7. The first-order chi connectivity index (χ1) is 23.5. The number of hydrogen-bond donors (Lipinski definition) is 1. The maximum atomic E-state index is 14.1. The van der Waals surface area contributed by atoms with E-state index in [1.54, 1.807) is 53.4 Å². The van der Waals surface area contributed by atoms with E-state index < -0.39 is 35.0 Å². The number of aromatic hydroxyl groups is 1. The fraction of sp³-hybridized carbons (Fsp3) is 0.314. The van der Waals surface area contributed by atoms with Gasteiger partial charge in [-0.15, -0.1) is 0 Å². The second-order valence-corrected chi connectivity index (χ2v) is 13.7. The van der Waals surface area contributed by atoms with Gasteiger partial charge in [-0.3, -0.25) is 19.2 Å².